The monoisotopic (exact) mass is 254 g/mol. The minimum atomic E-state index is -0.457. The maximum absolute atomic E-state index is 11.3. The van der Waals surface area contributed by atoms with Crippen LogP contribution >= 0.6 is 0 Å². The van der Waals surface area contributed by atoms with E-state index < -0.39 is 5.97 Å². The Morgan fingerprint density at radius 1 is 1.50 bits per heavy atom. The first-order valence-electron chi connectivity index (χ1n) is 5.63. The maximum atomic E-state index is 11.3. The van der Waals surface area contributed by atoms with Crippen LogP contribution in [0.2, 0.25) is 0 Å². The largest absolute Gasteiger partial charge is 0.464 e. The fraction of sp³-hybridized carbons (Fsp3) is 0.500. The maximum Gasteiger partial charge on any atom is 0.356 e. The zero-order valence-corrected chi connectivity index (χ0v) is 10.6. The highest BCUT2D eigenvalue weighted by molar-refractivity contribution is 5.88. The molecule has 0 bridgehead atoms. The summed E-state index contributed by atoms with van der Waals surface area (Å²) in [7, 11) is 3.21. The first-order valence-corrected chi connectivity index (χ1v) is 5.63. The molecule has 0 spiro atoms. The van der Waals surface area contributed by atoms with Crippen LogP contribution in [0, 0.1) is 0 Å². The molecule has 0 aliphatic carbocycles. The predicted octanol–water partition coefficient (Wildman–Crippen LogP) is 0.313. The molecule has 6 nitrogen and oxygen atoms in total. The number of rotatable bonds is 7. The number of aliphatic hydroxyl groups excluding tert-OH is 1. The van der Waals surface area contributed by atoms with Gasteiger partial charge in [-0.2, -0.15) is 0 Å². The normalized spacial score (nSPS) is 10.2. The van der Waals surface area contributed by atoms with Crippen LogP contribution < -0.4 is 4.90 Å². The van der Waals surface area contributed by atoms with Crippen LogP contribution in [-0.2, 0) is 9.47 Å². The van der Waals surface area contributed by atoms with Crippen molar-refractivity contribution in [1.82, 2.24) is 4.98 Å². The van der Waals surface area contributed by atoms with E-state index in [0.29, 0.717) is 19.8 Å². The lowest BCUT2D eigenvalue weighted by Gasteiger charge is -2.19. The Morgan fingerprint density at radius 3 is 2.94 bits per heavy atom. The number of pyridine rings is 1. The number of aromatic nitrogens is 1. The molecule has 0 saturated carbocycles. The highest BCUT2D eigenvalue weighted by Gasteiger charge is 2.09. The van der Waals surface area contributed by atoms with E-state index in [0.717, 1.165) is 5.69 Å². The molecule has 18 heavy (non-hydrogen) atoms. The van der Waals surface area contributed by atoms with Gasteiger partial charge in [0.05, 0.1) is 26.9 Å². The van der Waals surface area contributed by atoms with Crippen molar-refractivity contribution in [3.8, 4) is 0 Å². The van der Waals surface area contributed by atoms with Gasteiger partial charge < -0.3 is 19.5 Å². The Bertz CT molecular complexity index is 384. The minimum absolute atomic E-state index is 0.0193. The topological polar surface area (TPSA) is 71.9 Å². The number of hydrogen-bond donors (Lipinski definition) is 1. The van der Waals surface area contributed by atoms with Gasteiger partial charge in [0.25, 0.3) is 0 Å². The lowest BCUT2D eigenvalue weighted by Crippen LogP contribution is -2.23. The smallest absolute Gasteiger partial charge is 0.356 e. The third-order valence-electron chi connectivity index (χ3n) is 2.39. The third-order valence-corrected chi connectivity index (χ3v) is 2.39. The molecule has 0 saturated heterocycles. The van der Waals surface area contributed by atoms with Gasteiger partial charge in [-0.1, -0.05) is 0 Å². The Kier molecular flexibility index (Phi) is 6.10. The summed E-state index contributed by atoms with van der Waals surface area (Å²) >= 11 is 0. The molecule has 1 heterocycles. The van der Waals surface area contributed by atoms with Gasteiger partial charge >= 0.3 is 5.97 Å². The summed E-state index contributed by atoms with van der Waals surface area (Å²) in [6.07, 6.45) is 1.56. The molecule has 0 atom stereocenters. The molecule has 1 rings (SSSR count). The van der Waals surface area contributed by atoms with Crippen molar-refractivity contribution in [1.29, 1.82) is 0 Å². The van der Waals surface area contributed by atoms with Crippen LogP contribution in [0.4, 0.5) is 5.69 Å². The highest BCUT2D eigenvalue weighted by atomic mass is 16.5. The molecule has 0 unspecified atom stereocenters. The fourth-order valence-corrected chi connectivity index (χ4v) is 1.37. The summed E-state index contributed by atoms with van der Waals surface area (Å²) in [6.45, 7) is 1.51. The number of esters is 1. The number of likely N-dealkylation sites (N-methyl/N-ethyl adjacent to an activating group) is 1. The number of hydrogen-bond acceptors (Lipinski definition) is 6. The molecule has 0 radical (unpaired) electrons. The van der Waals surface area contributed by atoms with Gasteiger partial charge in [-0.05, 0) is 12.1 Å². The molecule has 0 fully saturated rings. The van der Waals surface area contributed by atoms with E-state index in [-0.39, 0.29) is 12.3 Å². The van der Waals surface area contributed by atoms with Gasteiger partial charge in [-0.15, -0.1) is 0 Å². The second-order valence-corrected chi connectivity index (χ2v) is 3.65. The van der Waals surface area contributed by atoms with Crippen LogP contribution in [0.15, 0.2) is 18.3 Å². The van der Waals surface area contributed by atoms with Crippen LogP contribution in [0.5, 0.6) is 0 Å². The van der Waals surface area contributed by atoms with Crippen LogP contribution in [0.1, 0.15) is 10.5 Å². The van der Waals surface area contributed by atoms with Crippen molar-refractivity contribution in [3.63, 3.8) is 0 Å². The van der Waals surface area contributed by atoms with E-state index in [1.54, 1.807) is 18.3 Å². The summed E-state index contributed by atoms with van der Waals surface area (Å²) in [5, 5.41) is 8.57. The van der Waals surface area contributed by atoms with Gasteiger partial charge in [0.2, 0.25) is 0 Å². The SMILES string of the molecule is COC(=O)c1cc(N(C)CCOCCO)ccn1. The summed E-state index contributed by atoms with van der Waals surface area (Å²) in [5.41, 5.74) is 1.14. The molecular weight excluding hydrogens is 236 g/mol. The number of carbonyl (C=O) groups is 1. The zero-order chi connectivity index (χ0) is 13.4. The molecule has 100 valence electrons. The molecule has 1 aromatic rings. The Balaban J connectivity index is 2.57. The standard InChI is InChI=1S/C12H18N2O4/c1-14(5-7-18-8-6-15)10-3-4-13-11(9-10)12(16)17-2/h3-4,9,15H,5-8H2,1-2H3. The summed E-state index contributed by atoms with van der Waals surface area (Å²) < 4.78 is 9.79. The summed E-state index contributed by atoms with van der Waals surface area (Å²) in [5.74, 6) is -0.457. The fourth-order valence-electron chi connectivity index (χ4n) is 1.37. The van der Waals surface area contributed by atoms with Crippen molar-refractivity contribution in [2.75, 3.05) is 45.4 Å². The van der Waals surface area contributed by atoms with Crippen molar-refractivity contribution >= 4 is 11.7 Å². The second-order valence-electron chi connectivity index (χ2n) is 3.65. The van der Waals surface area contributed by atoms with Gasteiger partial charge in [0.1, 0.15) is 5.69 Å². The van der Waals surface area contributed by atoms with Crippen molar-refractivity contribution in [3.05, 3.63) is 24.0 Å². The lowest BCUT2D eigenvalue weighted by molar-refractivity contribution is 0.0594. The van der Waals surface area contributed by atoms with Gasteiger partial charge in [-0.25, -0.2) is 9.78 Å². The lowest BCUT2D eigenvalue weighted by atomic mass is 10.3. The van der Waals surface area contributed by atoms with E-state index in [4.69, 9.17) is 9.84 Å². The highest BCUT2D eigenvalue weighted by Crippen LogP contribution is 2.13. The molecule has 0 aliphatic heterocycles. The Labute approximate surface area is 106 Å². The number of methoxy groups -OCH3 is 1. The van der Waals surface area contributed by atoms with E-state index in [2.05, 4.69) is 9.72 Å². The number of ether oxygens (including phenoxy) is 2. The quantitative estimate of drug-likeness (QED) is 0.558. The number of anilines is 1. The van der Waals surface area contributed by atoms with Crippen LogP contribution in [0.25, 0.3) is 0 Å². The molecular formula is C12H18N2O4. The van der Waals surface area contributed by atoms with Gasteiger partial charge in [0, 0.05) is 25.5 Å². The average Bonchev–Trinajstić information content (AvgIpc) is 2.42. The van der Waals surface area contributed by atoms with Gasteiger partial charge in [0.15, 0.2) is 0 Å². The van der Waals surface area contributed by atoms with Crippen molar-refractivity contribution in [2.24, 2.45) is 0 Å². The molecule has 1 aromatic heterocycles. The zero-order valence-electron chi connectivity index (χ0n) is 10.6. The number of carbonyl (C=O) groups excluding carboxylic acids is 1. The first kappa shape index (κ1) is 14.4. The van der Waals surface area contributed by atoms with E-state index in [9.17, 15) is 4.79 Å². The first-order chi connectivity index (χ1) is 8.69. The van der Waals surface area contributed by atoms with Crippen molar-refractivity contribution in [2.45, 2.75) is 0 Å². The third kappa shape index (κ3) is 4.31. The second kappa shape index (κ2) is 7.62. The van der Waals surface area contributed by atoms with Crippen molar-refractivity contribution < 1.29 is 19.4 Å². The van der Waals surface area contributed by atoms with Gasteiger partial charge in [-0.3, -0.25) is 0 Å². The van der Waals surface area contributed by atoms with E-state index in [1.165, 1.54) is 7.11 Å². The van der Waals surface area contributed by atoms with Crippen LogP contribution in [-0.4, -0.2) is 56.6 Å². The molecule has 1 N–H and O–H groups in total. The molecule has 0 aromatic carbocycles. The van der Waals surface area contributed by atoms with Crippen LogP contribution in [0.3, 0.4) is 0 Å². The molecule has 0 aliphatic rings. The molecule has 0 amide bonds. The Morgan fingerprint density at radius 2 is 2.28 bits per heavy atom. The number of nitrogens with zero attached hydrogens (tertiary/aromatic N) is 2. The summed E-state index contributed by atoms with van der Waals surface area (Å²) in [4.78, 5) is 17.2. The molecule has 6 heteroatoms. The number of aliphatic hydroxyl groups is 1. The van der Waals surface area contributed by atoms with E-state index in [1.807, 2.05) is 11.9 Å². The van der Waals surface area contributed by atoms with E-state index >= 15 is 0 Å². The summed E-state index contributed by atoms with van der Waals surface area (Å²) in [6, 6.07) is 3.47. The Hall–Kier alpha value is -1.66. The average molecular weight is 254 g/mol. The predicted molar refractivity (Wildman–Crippen MR) is 66.8 cm³/mol. The minimum Gasteiger partial charge on any atom is -0.464 e.